The number of hydrogen-bond acceptors (Lipinski definition) is 8. The largest absolute Gasteiger partial charge is 0.367 e. The molecule has 1 saturated carbocycles. The van der Waals surface area contributed by atoms with E-state index in [0.29, 0.717) is 17.6 Å². The van der Waals surface area contributed by atoms with Crippen molar-refractivity contribution in [1.29, 1.82) is 5.26 Å². The third-order valence-corrected chi connectivity index (χ3v) is 7.31. The summed E-state index contributed by atoms with van der Waals surface area (Å²) >= 11 is 0. The summed E-state index contributed by atoms with van der Waals surface area (Å²) in [6.45, 7) is 1.86. The number of aromatic nitrogens is 3. The monoisotopic (exact) mass is 496 g/mol. The number of carbonyl (C=O) groups excluding carboxylic acids is 1. The lowest BCUT2D eigenvalue weighted by Gasteiger charge is -2.40. The van der Waals surface area contributed by atoms with Gasteiger partial charge < -0.3 is 21.3 Å². The van der Waals surface area contributed by atoms with Gasteiger partial charge in [0.05, 0.1) is 18.1 Å². The van der Waals surface area contributed by atoms with E-state index in [2.05, 4.69) is 30.5 Å². The number of nitrogens with two attached hydrogens (primary N) is 1. The molecule has 9 heteroatoms. The molecule has 0 unspecified atom stereocenters. The molecule has 2 aliphatic rings. The lowest BCUT2D eigenvalue weighted by atomic mass is 9.89. The van der Waals surface area contributed by atoms with Crippen molar-refractivity contribution in [2.24, 2.45) is 5.73 Å². The van der Waals surface area contributed by atoms with Crippen molar-refractivity contribution >= 4 is 17.4 Å². The highest BCUT2D eigenvalue weighted by molar-refractivity contribution is 5.94. The number of hydrogen-bond donors (Lipinski definition) is 3. The molecule has 3 heterocycles. The zero-order valence-electron chi connectivity index (χ0n) is 20.8. The first-order valence-corrected chi connectivity index (χ1v) is 12.9. The van der Waals surface area contributed by atoms with Crippen LogP contribution in [0.1, 0.15) is 54.7 Å². The van der Waals surface area contributed by atoms with Crippen molar-refractivity contribution in [3.05, 3.63) is 66.4 Å². The van der Waals surface area contributed by atoms with Gasteiger partial charge in [-0.25, -0.2) is 15.0 Å². The van der Waals surface area contributed by atoms with Gasteiger partial charge in [0.2, 0.25) is 11.7 Å². The summed E-state index contributed by atoms with van der Waals surface area (Å²) < 4.78 is 0. The lowest BCUT2D eigenvalue weighted by molar-refractivity contribution is 0.100. The second kappa shape index (κ2) is 11.4. The number of benzene rings is 1. The van der Waals surface area contributed by atoms with Crippen LogP contribution in [-0.2, 0) is 0 Å². The molecule has 0 spiro atoms. The van der Waals surface area contributed by atoms with E-state index in [1.54, 1.807) is 24.7 Å². The van der Waals surface area contributed by atoms with Crippen molar-refractivity contribution in [2.45, 2.75) is 56.7 Å². The molecule has 37 heavy (non-hydrogen) atoms. The van der Waals surface area contributed by atoms with Gasteiger partial charge in [-0.2, -0.15) is 5.26 Å². The summed E-state index contributed by atoms with van der Waals surface area (Å²) in [7, 11) is 0. The Morgan fingerprint density at radius 1 is 1.00 bits per heavy atom. The Bertz CT molecular complexity index is 1270. The number of nitrogens with one attached hydrogen (secondary N) is 2. The molecule has 5 rings (SSSR count). The molecule has 1 aliphatic carbocycles. The number of piperidine rings is 1. The smallest absolute Gasteiger partial charge is 0.248 e. The Kier molecular flexibility index (Phi) is 7.57. The first-order valence-electron chi connectivity index (χ1n) is 12.9. The average molecular weight is 497 g/mol. The van der Waals surface area contributed by atoms with E-state index in [1.165, 1.54) is 12.8 Å². The van der Waals surface area contributed by atoms with E-state index in [0.717, 1.165) is 61.4 Å². The van der Waals surface area contributed by atoms with Gasteiger partial charge in [0.15, 0.2) is 0 Å². The molecule has 2 aromatic heterocycles. The van der Waals surface area contributed by atoms with Crippen LogP contribution in [0, 0.1) is 11.3 Å². The number of nitriles is 1. The van der Waals surface area contributed by atoms with Crippen LogP contribution in [0.4, 0.5) is 11.5 Å². The SMILES string of the molecule is N#Cc1ncc(N2CCC[C@H](N[C@@H]3CCCC[C@H]3Nc3cc(-c4cccc(C(N)=O)c4)ccn3)C2)cn1. The molecule has 1 aliphatic heterocycles. The van der Waals surface area contributed by atoms with E-state index in [1.807, 2.05) is 36.4 Å². The summed E-state index contributed by atoms with van der Waals surface area (Å²) in [5.41, 5.74) is 8.86. The zero-order chi connectivity index (χ0) is 25.6. The van der Waals surface area contributed by atoms with Crippen LogP contribution in [0.5, 0.6) is 0 Å². The second-order valence-electron chi connectivity index (χ2n) is 9.85. The molecule has 3 atom stereocenters. The number of amides is 1. The molecular formula is C28H32N8O. The molecule has 1 aromatic carbocycles. The van der Waals surface area contributed by atoms with Crippen LogP contribution in [0.2, 0.25) is 0 Å². The minimum absolute atomic E-state index is 0.199. The quantitative estimate of drug-likeness (QED) is 0.453. The predicted molar refractivity (Wildman–Crippen MR) is 143 cm³/mol. The highest BCUT2D eigenvalue weighted by Gasteiger charge is 2.29. The molecule has 4 N–H and O–H groups in total. The molecule has 1 saturated heterocycles. The fourth-order valence-electron chi connectivity index (χ4n) is 5.43. The molecule has 190 valence electrons. The van der Waals surface area contributed by atoms with Crippen LogP contribution < -0.4 is 21.3 Å². The Labute approximate surface area is 217 Å². The van der Waals surface area contributed by atoms with E-state index < -0.39 is 5.91 Å². The number of anilines is 2. The number of rotatable bonds is 7. The molecule has 0 radical (unpaired) electrons. The van der Waals surface area contributed by atoms with Gasteiger partial charge in [0.25, 0.3) is 0 Å². The van der Waals surface area contributed by atoms with Crippen LogP contribution in [-0.4, -0.2) is 52.1 Å². The topological polar surface area (TPSA) is 133 Å². The van der Waals surface area contributed by atoms with E-state index in [4.69, 9.17) is 11.0 Å². The van der Waals surface area contributed by atoms with Crippen molar-refractivity contribution < 1.29 is 4.79 Å². The third-order valence-electron chi connectivity index (χ3n) is 7.31. The van der Waals surface area contributed by atoms with Gasteiger partial charge in [0, 0.05) is 43.0 Å². The van der Waals surface area contributed by atoms with Crippen LogP contribution in [0.25, 0.3) is 11.1 Å². The maximum atomic E-state index is 11.6. The van der Waals surface area contributed by atoms with Crippen molar-refractivity contribution in [1.82, 2.24) is 20.3 Å². The van der Waals surface area contributed by atoms with Gasteiger partial charge >= 0.3 is 0 Å². The number of pyridine rings is 1. The van der Waals surface area contributed by atoms with E-state index >= 15 is 0 Å². The first kappa shape index (κ1) is 24.7. The molecule has 1 amide bonds. The molecule has 2 fully saturated rings. The van der Waals surface area contributed by atoms with Crippen LogP contribution in [0.3, 0.4) is 0 Å². The summed E-state index contributed by atoms with van der Waals surface area (Å²) in [5, 5.41) is 16.6. The summed E-state index contributed by atoms with van der Waals surface area (Å²) in [5.74, 6) is 0.601. The zero-order valence-corrected chi connectivity index (χ0v) is 20.8. The first-order chi connectivity index (χ1) is 18.1. The standard InChI is InChI=1S/C28H32N8O/c29-15-27-32-16-23(17-33-27)36-12-4-7-22(18-36)34-24-8-1-2-9-25(24)35-26-14-20(10-11-31-26)19-5-3-6-21(13-19)28(30)37/h3,5-6,10-11,13-14,16-17,22,24-25,34H,1-2,4,7-9,12,18H2,(H2,30,37)(H,31,35)/t22-,24+,25+/m0/s1. The highest BCUT2D eigenvalue weighted by Crippen LogP contribution is 2.27. The molecule has 9 nitrogen and oxygen atoms in total. The average Bonchev–Trinajstić information content (AvgIpc) is 2.94. The van der Waals surface area contributed by atoms with Crippen LogP contribution >= 0.6 is 0 Å². The second-order valence-corrected chi connectivity index (χ2v) is 9.85. The van der Waals surface area contributed by atoms with E-state index in [-0.39, 0.29) is 11.9 Å². The Balaban J connectivity index is 1.25. The Morgan fingerprint density at radius 2 is 1.78 bits per heavy atom. The minimum atomic E-state index is -0.432. The Morgan fingerprint density at radius 3 is 2.57 bits per heavy atom. The number of nitrogens with zero attached hydrogens (tertiary/aromatic N) is 5. The summed E-state index contributed by atoms with van der Waals surface area (Å²) in [6.07, 6.45) is 12.1. The minimum Gasteiger partial charge on any atom is -0.367 e. The normalized spacial score (nSPS) is 21.7. The van der Waals surface area contributed by atoms with Gasteiger partial charge in [-0.1, -0.05) is 25.0 Å². The summed E-state index contributed by atoms with van der Waals surface area (Å²) in [6, 6.07) is 14.3. The van der Waals surface area contributed by atoms with Crippen molar-refractivity contribution in [2.75, 3.05) is 23.3 Å². The highest BCUT2D eigenvalue weighted by atomic mass is 16.1. The predicted octanol–water partition coefficient (Wildman–Crippen LogP) is 3.49. The third kappa shape index (κ3) is 6.04. The van der Waals surface area contributed by atoms with Gasteiger partial charge in [0.1, 0.15) is 11.9 Å². The van der Waals surface area contributed by atoms with Gasteiger partial charge in [-0.15, -0.1) is 0 Å². The Hall–Kier alpha value is -4.03. The number of carbonyl (C=O) groups is 1. The fraction of sp³-hybridized carbons (Fsp3) is 0.393. The van der Waals surface area contributed by atoms with Gasteiger partial charge in [-0.05, 0) is 61.1 Å². The van der Waals surface area contributed by atoms with Crippen LogP contribution in [0.15, 0.2) is 55.0 Å². The summed E-state index contributed by atoms with van der Waals surface area (Å²) in [4.78, 5) is 26.8. The lowest BCUT2D eigenvalue weighted by Crippen LogP contribution is -2.55. The van der Waals surface area contributed by atoms with Gasteiger partial charge in [-0.3, -0.25) is 4.79 Å². The maximum Gasteiger partial charge on any atom is 0.248 e. The molecule has 3 aromatic rings. The van der Waals surface area contributed by atoms with Crippen molar-refractivity contribution in [3.8, 4) is 17.2 Å². The van der Waals surface area contributed by atoms with E-state index in [9.17, 15) is 4.79 Å². The fourth-order valence-corrected chi connectivity index (χ4v) is 5.43. The van der Waals surface area contributed by atoms with Crippen molar-refractivity contribution in [3.63, 3.8) is 0 Å². The molecule has 0 bridgehead atoms. The maximum absolute atomic E-state index is 11.6. The number of primary amides is 1. The molecular weight excluding hydrogens is 464 g/mol.